The second-order valence-corrected chi connectivity index (χ2v) is 6.52. The molecule has 0 fully saturated rings. The Morgan fingerprint density at radius 1 is 1.12 bits per heavy atom. The SMILES string of the molecule is O=POC(F)(F)c1ccc2sc(C(=O)OCc3ccccc3)cc2c1. The number of rotatable bonds is 6. The maximum atomic E-state index is 13.6. The van der Waals surface area contributed by atoms with Crippen LogP contribution in [-0.2, 0) is 26.5 Å². The number of thiophene rings is 1. The van der Waals surface area contributed by atoms with Crippen LogP contribution >= 0.6 is 20.0 Å². The number of hydrogen-bond donors (Lipinski definition) is 0. The standard InChI is InChI=1S/C17H11F2O4PS/c18-17(19,23-24-21)13-6-7-14-12(8-13)9-15(25-14)16(20)22-10-11-4-2-1-3-5-11/h1-9H,10H2. The van der Waals surface area contributed by atoms with Gasteiger partial charge in [0.25, 0.3) is 0 Å². The molecular weight excluding hydrogens is 369 g/mol. The van der Waals surface area contributed by atoms with Gasteiger partial charge in [-0.25, -0.2) is 13.9 Å². The van der Waals surface area contributed by atoms with Crippen LogP contribution in [0.2, 0.25) is 0 Å². The van der Waals surface area contributed by atoms with Gasteiger partial charge in [-0.3, -0.25) is 0 Å². The summed E-state index contributed by atoms with van der Waals surface area (Å²) in [6, 6.07) is 14.5. The predicted molar refractivity (Wildman–Crippen MR) is 90.0 cm³/mol. The number of fused-ring (bicyclic) bond motifs is 1. The molecular formula is C17H11F2O4PS. The first-order chi connectivity index (χ1) is 12.0. The van der Waals surface area contributed by atoms with Crippen molar-refractivity contribution in [1.29, 1.82) is 0 Å². The number of alkyl halides is 2. The first-order valence-corrected chi connectivity index (χ1v) is 8.68. The van der Waals surface area contributed by atoms with Crippen LogP contribution in [0.5, 0.6) is 0 Å². The summed E-state index contributed by atoms with van der Waals surface area (Å²) < 4.78 is 47.4. The molecule has 0 spiro atoms. The third-order valence-corrected chi connectivity index (χ3v) is 4.82. The monoisotopic (exact) mass is 380 g/mol. The molecule has 3 rings (SSSR count). The van der Waals surface area contributed by atoms with Gasteiger partial charge < -0.3 is 4.74 Å². The quantitative estimate of drug-likeness (QED) is 0.417. The van der Waals surface area contributed by atoms with Gasteiger partial charge in [-0.05, 0) is 35.2 Å². The minimum absolute atomic E-state index is 0.133. The molecule has 0 unspecified atom stereocenters. The normalized spacial score (nSPS) is 11.8. The van der Waals surface area contributed by atoms with Crippen molar-refractivity contribution < 1.29 is 27.4 Å². The molecule has 0 saturated heterocycles. The largest absolute Gasteiger partial charge is 0.457 e. The minimum Gasteiger partial charge on any atom is -0.457 e. The van der Waals surface area contributed by atoms with E-state index in [2.05, 4.69) is 4.52 Å². The molecule has 2 aromatic carbocycles. The highest BCUT2D eigenvalue weighted by molar-refractivity contribution is 7.20. The Morgan fingerprint density at radius 3 is 2.60 bits per heavy atom. The molecule has 1 aromatic heterocycles. The molecule has 4 nitrogen and oxygen atoms in total. The highest BCUT2D eigenvalue weighted by Crippen LogP contribution is 2.36. The van der Waals surface area contributed by atoms with Gasteiger partial charge in [-0.15, -0.1) is 11.3 Å². The lowest BCUT2D eigenvalue weighted by atomic mass is 10.1. The van der Waals surface area contributed by atoms with E-state index in [9.17, 15) is 18.1 Å². The fourth-order valence-electron chi connectivity index (χ4n) is 2.22. The Kier molecular flexibility index (Phi) is 5.18. The fraction of sp³-hybridized carbons (Fsp3) is 0.118. The van der Waals surface area contributed by atoms with Crippen LogP contribution in [-0.4, -0.2) is 5.97 Å². The zero-order valence-corrected chi connectivity index (χ0v) is 14.4. The van der Waals surface area contributed by atoms with Gasteiger partial charge in [-0.1, -0.05) is 30.3 Å². The van der Waals surface area contributed by atoms with Crippen LogP contribution in [0.4, 0.5) is 8.78 Å². The first-order valence-electron chi connectivity index (χ1n) is 7.13. The smallest absolute Gasteiger partial charge is 0.393 e. The fourth-order valence-corrected chi connectivity index (χ4v) is 3.35. The topological polar surface area (TPSA) is 52.6 Å². The van der Waals surface area contributed by atoms with E-state index in [1.54, 1.807) is 0 Å². The van der Waals surface area contributed by atoms with Gasteiger partial charge in [0.1, 0.15) is 11.5 Å². The van der Waals surface area contributed by atoms with Crippen LogP contribution in [0.15, 0.2) is 54.6 Å². The zero-order chi connectivity index (χ0) is 17.9. The second-order valence-electron chi connectivity index (χ2n) is 5.11. The molecule has 0 saturated carbocycles. The Labute approximate surface area is 147 Å². The van der Waals surface area contributed by atoms with Gasteiger partial charge in [0.15, 0.2) is 0 Å². The van der Waals surface area contributed by atoms with Crippen molar-refractivity contribution in [2.45, 2.75) is 12.7 Å². The second kappa shape index (κ2) is 7.35. The van der Waals surface area contributed by atoms with Crippen molar-refractivity contribution in [3.63, 3.8) is 0 Å². The summed E-state index contributed by atoms with van der Waals surface area (Å²) in [4.78, 5) is 12.5. The number of carbonyl (C=O) groups excluding carboxylic acids is 1. The Morgan fingerprint density at radius 2 is 1.88 bits per heavy atom. The lowest BCUT2D eigenvalue weighted by molar-refractivity contribution is -0.178. The van der Waals surface area contributed by atoms with E-state index >= 15 is 0 Å². The van der Waals surface area contributed by atoms with E-state index in [0.717, 1.165) is 16.9 Å². The zero-order valence-electron chi connectivity index (χ0n) is 12.6. The average molecular weight is 380 g/mol. The van der Waals surface area contributed by atoms with E-state index in [1.165, 1.54) is 24.3 Å². The van der Waals surface area contributed by atoms with Crippen molar-refractivity contribution in [2.75, 3.05) is 0 Å². The van der Waals surface area contributed by atoms with Gasteiger partial charge in [0.05, 0.1) is 5.56 Å². The molecule has 8 heteroatoms. The van der Waals surface area contributed by atoms with Crippen LogP contribution in [0.25, 0.3) is 10.1 Å². The molecule has 128 valence electrons. The Bertz CT molecular complexity index is 911. The van der Waals surface area contributed by atoms with Crippen LogP contribution in [0.3, 0.4) is 0 Å². The lowest BCUT2D eigenvalue weighted by Crippen LogP contribution is -2.12. The lowest BCUT2D eigenvalue weighted by Gasteiger charge is -2.11. The highest BCUT2D eigenvalue weighted by Gasteiger charge is 2.34. The molecule has 0 aliphatic carbocycles. The molecule has 1 heterocycles. The van der Waals surface area contributed by atoms with E-state index in [1.807, 2.05) is 30.3 Å². The molecule has 3 aromatic rings. The van der Waals surface area contributed by atoms with Crippen molar-refractivity contribution in [1.82, 2.24) is 0 Å². The van der Waals surface area contributed by atoms with Crippen LogP contribution in [0.1, 0.15) is 20.8 Å². The van der Waals surface area contributed by atoms with E-state index in [0.29, 0.717) is 15.0 Å². The summed E-state index contributed by atoms with van der Waals surface area (Å²) in [7, 11) is -1.11. The van der Waals surface area contributed by atoms with Gasteiger partial charge in [0.2, 0.25) is 0 Å². The molecule has 0 amide bonds. The summed E-state index contributed by atoms with van der Waals surface area (Å²) in [6.07, 6.45) is -3.67. The van der Waals surface area contributed by atoms with Crippen molar-refractivity contribution in [3.8, 4) is 0 Å². The summed E-state index contributed by atoms with van der Waals surface area (Å²) in [5.74, 6) is -0.521. The third kappa shape index (κ3) is 4.07. The summed E-state index contributed by atoms with van der Waals surface area (Å²) in [6.45, 7) is 0.133. The summed E-state index contributed by atoms with van der Waals surface area (Å²) in [5.41, 5.74) is 0.415. The Balaban J connectivity index is 1.78. The first kappa shape index (κ1) is 17.6. The third-order valence-electron chi connectivity index (χ3n) is 3.42. The maximum Gasteiger partial charge on any atom is 0.393 e. The van der Waals surface area contributed by atoms with Crippen LogP contribution in [0, 0.1) is 0 Å². The summed E-state index contributed by atoms with van der Waals surface area (Å²) in [5, 5.41) is 0.458. The number of benzene rings is 2. The molecule has 0 aliphatic rings. The molecule has 25 heavy (non-hydrogen) atoms. The Hall–Kier alpha value is -2.21. The van der Waals surface area contributed by atoms with Crippen molar-refractivity contribution in [3.05, 3.63) is 70.6 Å². The molecule has 0 atom stereocenters. The maximum absolute atomic E-state index is 13.6. The number of ether oxygens (including phenoxy) is 1. The van der Waals surface area contributed by atoms with Gasteiger partial charge in [-0.2, -0.15) is 8.78 Å². The van der Waals surface area contributed by atoms with Gasteiger partial charge in [0, 0.05) is 4.70 Å². The highest BCUT2D eigenvalue weighted by atomic mass is 32.1. The minimum atomic E-state index is -3.67. The number of esters is 1. The number of halogens is 2. The number of carbonyl (C=O) groups is 1. The van der Waals surface area contributed by atoms with E-state index in [4.69, 9.17) is 4.74 Å². The molecule has 0 aliphatic heterocycles. The van der Waals surface area contributed by atoms with E-state index < -0.39 is 26.3 Å². The predicted octanol–water partition coefficient (Wildman–Crippen LogP) is 5.53. The average Bonchev–Trinajstić information content (AvgIpc) is 3.04. The van der Waals surface area contributed by atoms with Crippen LogP contribution < -0.4 is 0 Å². The van der Waals surface area contributed by atoms with Crippen molar-refractivity contribution >= 4 is 36.1 Å². The van der Waals surface area contributed by atoms with E-state index in [-0.39, 0.29) is 6.61 Å². The molecule has 0 radical (unpaired) electrons. The summed E-state index contributed by atoms with van der Waals surface area (Å²) >= 11 is 1.15. The van der Waals surface area contributed by atoms with Crippen molar-refractivity contribution in [2.24, 2.45) is 0 Å². The van der Waals surface area contributed by atoms with Gasteiger partial charge >= 0.3 is 20.8 Å². The molecule has 0 N–H and O–H groups in total. The number of hydrogen-bond acceptors (Lipinski definition) is 5. The molecule has 0 bridgehead atoms.